The molecule has 1 aliphatic heterocycles. The molecule has 3 rings (SSSR count). The van der Waals surface area contributed by atoms with Crippen molar-refractivity contribution in [3.63, 3.8) is 0 Å². The van der Waals surface area contributed by atoms with Gasteiger partial charge in [0.1, 0.15) is 5.82 Å². The Balaban J connectivity index is 1.54. The summed E-state index contributed by atoms with van der Waals surface area (Å²) >= 11 is 0. The number of benzene rings is 2. The van der Waals surface area contributed by atoms with Crippen molar-refractivity contribution in [2.45, 2.75) is 36.5 Å². The van der Waals surface area contributed by atoms with Gasteiger partial charge in [-0.25, -0.2) is 25.5 Å². The van der Waals surface area contributed by atoms with Crippen molar-refractivity contribution in [3.05, 3.63) is 65.5 Å². The first-order chi connectivity index (χ1) is 15.0. The van der Waals surface area contributed by atoms with E-state index in [0.29, 0.717) is 18.4 Å². The Labute approximate surface area is 188 Å². The van der Waals surface area contributed by atoms with Crippen LogP contribution in [0.4, 0.5) is 4.39 Å². The monoisotopic (exact) mass is 482 g/mol. The fourth-order valence-electron chi connectivity index (χ4n) is 3.70. The molecule has 1 unspecified atom stereocenters. The second kappa shape index (κ2) is 9.68. The van der Waals surface area contributed by atoms with E-state index in [0.717, 1.165) is 11.8 Å². The highest BCUT2D eigenvalue weighted by atomic mass is 32.2. The van der Waals surface area contributed by atoms with Crippen molar-refractivity contribution >= 4 is 25.8 Å². The predicted octanol–water partition coefficient (Wildman–Crippen LogP) is 2.65. The normalized spacial score (nSPS) is 17.1. The van der Waals surface area contributed by atoms with Crippen molar-refractivity contribution in [3.8, 4) is 0 Å². The predicted molar refractivity (Wildman–Crippen MR) is 119 cm³/mol. The van der Waals surface area contributed by atoms with Crippen molar-refractivity contribution in [2.75, 3.05) is 19.3 Å². The molecule has 32 heavy (non-hydrogen) atoms. The number of sulfonamides is 1. The molecule has 174 valence electrons. The molecular weight excluding hydrogens is 455 g/mol. The molecule has 0 aromatic heterocycles. The maximum Gasteiger partial charge on any atom is 0.223 e. The van der Waals surface area contributed by atoms with Gasteiger partial charge in [0.05, 0.1) is 16.7 Å². The van der Waals surface area contributed by atoms with Crippen LogP contribution in [-0.4, -0.2) is 46.4 Å². The smallest absolute Gasteiger partial charge is 0.223 e. The highest BCUT2D eigenvalue weighted by Crippen LogP contribution is 2.23. The Hall–Kier alpha value is -2.30. The molecule has 1 amide bonds. The van der Waals surface area contributed by atoms with Gasteiger partial charge in [0.25, 0.3) is 0 Å². The third kappa shape index (κ3) is 6.14. The van der Waals surface area contributed by atoms with E-state index >= 15 is 0 Å². The first kappa shape index (κ1) is 24.3. The summed E-state index contributed by atoms with van der Waals surface area (Å²) in [5.74, 6) is -1.08. The zero-order valence-electron chi connectivity index (χ0n) is 18.0. The van der Waals surface area contributed by atoms with Crippen molar-refractivity contribution < 1.29 is 26.0 Å². The first-order valence-corrected chi connectivity index (χ1v) is 13.8. The van der Waals surface area contributed by atoms with Crippen LogP contribution in [0.1, 0.15) is 36.9 Å². The molecule has 1 N–H and O–H groups in total. The van der Waals surface area contributed by atoms with Crippen LogP contribution in [0.15, 0.2) is 53.4 Å². The fourth-order valence-corrected chi connectivity index (χ4v) is 5.89. The molecule has 1 atom stereocenters. The second-order valence-electron chi connectivity index (χ2n) is 8.13. The van der Waals surface area contributed by atoms with E-state index in [9.17, 15) is 26.0 Å². The third-order valence-electron chi connectivity index (χ3n) is 5.65. The maximum atomic E-state index is 13.0. The van der Waals surface area contributed by atoms with Crippen LogP contribution in [0.2, 0.25) is 0 Å². The van der Waals surface area contributed by atoms with Gasteiger partial charge in [0.15, 0.2) is 9.84 Å². The summed E-state index contributed by atoms with van der Waals surface area (Å²) in [4.78, 5) is 12.9. The lowest BCUT2D eigenvalue weighted by atomic mass is 9.96. The zero-order chi connectivity index (χ0) is 23.5. The Bertz CT molecular complexity index is 1160. The van der Waals surface area contributed by atoms with Gasteiger partial charge in [-0.3, -0.25) is 4.79 Å². The zero-order valence-corrected chi connectivity index (χ0v) is 19.6. The van der Waals surface area contributed by atoms with E-state index < -0.39 is 25.7 Å². The van der Waals surface area contributed by atoms with Gasteiger partial charge in [-0.1, -0.05) is 24.3 Å². The number of hydrogen-bond donors (Lipinski definition) is 1. The Morgan fingerprint density at radius 1 is 1.03 bits per heavy atom. The quantitative estimate of drug-likeness (QED) is 0.654. The number of rotatable bonds is 7. The van der Waals surface area contributed by atoms with Gasteiger partial charge in [-0.2, -0.15) is 0 Å². The highest BCUT2D eigenvalue weighted by Gasteiger charge is 2.31. The summed E-state index contributed by atoms with van der Waals surface area (Å²) in [6.45, 7) is 2.31. The second-order valence-corrected chi connectivity index (χ2v) is 12.1. The van der Waals surface area contributed by atoms with E-state index in [1.807, 2.05) is 6.92 Å². The van der Waals surface area contributed by atoms with E-state index in [4.69, 9.17) is 0 Å². The van der Waals surface area contributed by atoms with Crippen LogP contribution in [-0.2, 0) is 30.4 Å². The fraction of sp³-hybridized carbons (Fsp3) is 0.409. The molecule has 0 spiro atoms. The molecule has 7 nitrogen and oxygen atoms in total. The van der Waals surface area contributed by atoms with Crippen LogP contribution < -0.4 is 5.32 Å². The van der Waals surface area contributed by atoms with Gasteiger partial charge >= 0.3 is 0 Å². The lowest BCUT2D eigenvalue weighted by Gasteiger charge is -2.31. The van der Waals surface area contributed by atoms with E-state index in [-0.39, 0.29) is 41.6 Å². The third-order valence-corrected chi connectivity index (χ3v) is 8.63. The molecule has 1 fully saturated rings. The van der Waals surface area contributed by atoms with Gasteiger partial charge in [0.2, 0.25) is 15.9 Å². The number of nitrogens with one attached hydrogen (secondary N) is 1. The molecule has 0 radical (unpaired) electrons. The largest absolute Gasteiger partial charge is 0.349 e. The Morgan fingerprint density at radius 2 is 1.59 bits per heavy atom. The minimum Gasteiger partial charge on any atom is -0.349 e. The molecule has 2 aromatic rings. The Morgan fingerprint density at radius 3 is 2.12 bits per heavy atom. The summed E-state index contributed by atoms with van der Waals surface area (Å²) in [7, 11) is -6.83. The number of hydrogen-bond acceptors (Lipinski definition) is 5. The number of carbonyl (C=O) groups is 1. The van der Waals surface area contributed by atoms with Gasteiger partial charge < -0.3 is 5.32 Å². The minimum atomic E-state index is -3.55. The van der Waals surface area contributed by atoms with Crippen molar-refractivity contribution in [1.29, 1.82) is 0 Å². The lowest BCUT2D eigenvalue weighted by Crippen LogP contribution is -2.43. The van der Waals surface area contributed by atoms with Crippen LogP contribution in [0, 0.1) is 11.7 Å². The average Bonchev–Trinajstić information content (AvgIpc) is 2.75. The van der Waals surface area contributed by atoms with E-state index in [1.54, 1.807) is 12.1 Å². The molecule has 0 bridgehead atoms. The minimum absolute atomic E-state index is 0.153. The molecule has 10 heteroatoms. The van der Waals surface area contributed by atoms with Crippen LogP contribution >= 0.6 is 0 Å². The highest BCUT2D eigenvalue weighted by molar-refractivity contribution is 7.90. The maximum absolute atomic E-state index is 13.0. The van der Waals surface area contributed by atoms with E-state index in [2.05, 4.69) is 5.32 Å². The van der Waals surface area contributed by atoms with Crippen LogP contribution in [0.5, 0.6) is 0 Å². The van der Waals surface area contributed by atoms with Crippen molar-refractivity contribution in [1.82, 2.24) is 9.62 Å². The molecular formula is C22H27FN2O5S2. The SMILES string of the molecule is CC(NC(=O)C1CCN(S(=O)(=O)Cc2ccc(F)cc2)CC1)c1ccc(S(C)(=O)=O)cc1. The molecule has 1 heterocycles. The van der Waals surface area contributed by atoms with Gasteiger partial charge in [0, 0.05) is 25.3 Å². The number of amides is 1. The lowest BCUT2D eigenvalue weighted by molar-refractivity contribution is -0.126. The Kier molecular flexibility index (Phi) is 7.36. The number of nitrogens with zero attached hydrogens (tertiary/aromatic N) is 1. The summed E-state index contributed by atoms with van der Waals surface area (Å²) in [6, 6.07) is 11.4. The summed E-state index contributed by atoms with van der Waals surface area (Å²) in [5, 5.41) is 2.93. The van der Waals surface area contributed by atoms with Crippen LogP contribution in [0.3, 0.4) is 0 Å². The number of halogens is 1. The standard InChI is InChI=1S/C22H27FN2O5S2/c1-16(18-5-9-21(10-6-18)31(2,27)28)24-22(26)19-11-13-25(14-12-19)32(29,30)15-17-3-7-20(23)8-4-17/h3-10,16,19H,11-15H2,1-2H3,(H,24,26). The number of sulfone groups is 1. The average molecular weight is 483 g/mol. The molecule has 0 saturated carbocycles. The molecule has 1 aliphatic rings. The molecule has 2 aromatic carbocycles. The summed E-state index contributed by atoms with van der Waals surface area (Å²) < 4.78 is 62.9. The van der Waals surface area contributed by atoms with Crippen LogP contribution in [0.25, 0.3) is 0 Å². The summed E-state index contributed by atoms with van der Waals surface area (Å²) in [5.41, 5.74) is 1.30. The first-order valence-electron chi connectivity index (χ1n) is 10.3. The van der Waals surface area contributed by atoms with Gasteiger partial charge in [-0.05, 0) is 55.2 Å². The summed E-state index contributed by atoms with van der Waals surface area (Å²) in [6.07, 6.45) is 1.96. The van der Waals surface area contributed by atoms with E-state index in [1.165, 1.54) is 40.7 Å². The number of carbonyl (C=O) groups excluding carboxylic acids is 1. The van der Waals surface area contributed by atoms with Crippen molar-refractivity contribution in [2.24, 2.45) is 5.92 Å². The molecule has 0 aliphatic carbocycles. The molecule has 1 saturated heterocycles. The number of piperidine rings is 1. The topological polar surface area (TPSA) is 101 Å². The van der Waals surface area contributed by atoms with Gasteiger partial charge in [-0.15, -0.1) is 0 Å².